The highest BCUT2D eigenvalue weighted by atomic mass is 15.1. The summed E-state index contributed by atoms with van der Waals surface area (Å²) in [5, 5.41) is 7.48. The Bertz CT molecular complexity index is 2950. The summed E-state index contributed by atoms with van der Waals surface area (Å²) in [4.78, 5) is 2.41. The molecule has 10 aromatic rings. The fourth-order valence-electron chi connectivity index (χ4n) is 8.18. The summed E-state index contributed by atoms with van der Waals surface area (Å²) in [6.07, 6.45) is 0. The maximum Gasteiger partial charge on any atom is 0.0468 e. The van der Waals surface area contributed by atoms with Crippen LogP contribution in [-0.2, 0) is 0 Å². The van der Waals surface area contributed by atoms with Gasteiger partial charge in [0.05, 0.1) is 0 Å². The van der Waals surface area contributed by atoms with E-state index in [1.165, 1.54) is 76.8 Å². The first-order valence-electron chi connectivity index (χ1n) is 18.9. The normalized spacial score (nSPS) is 11.3. The number of hydrogen-bond donors (Lipinski definition) is 0. The molecule has 1 nitrogen and oxygen atoms in total. The second-order valence-corrected chi connectivity index (χ2v) is 14.1. The number of fused-ring (bicyclic) bond motifs is 4. The minimum absolute atomic E-state index is 1.10. The highest BCUT2D eigenvalue weighted by Gasteiger charge is 2.18. The van der Waals surface area contributed by atoms with Gasteiger partial charge in [0.25, 0.3) is 0 Å². The van der Waals surface area contributed by atoms with E-state index in [-0.39, 0.29) is 0 Å². The molecule has 258 valence electrons. The second kappa shape index (κ2) is 14.0. The van der Waals surface area contributed by atoms with Crippen LogP contribution in [0.4, 0.5) is 17.1 Å². The van der Waals surface area contributed by atoms with E-state index in [2.05, 4.69) is 229 Å². The second-order valence-electron chi connectivity index (χ2n) is 14.1. The van der Waals surface area contributed by atoms with Gasteiger partial charge in [0, 0.05) is 17.1 Å². The molecule has 0 saturated carbocycles. The topological polar surface area (TPSA) is 3.24 Å². The molecule has 0 heterocycles. The highest BCUT2D eigenvalue weighted by Crippen LogP contribution is 2.43. The lowest BCUT2D eigenvalue weighted by atomic mass is 9.92. The molecule has 0 saturated heterocycles. The smallest absolute Gasteiger partial charge is 0.0468 e. The van der Waals surface area contributed by atoms with Crippen LogP contribution in [0.5, 0.6) is 0 Å². The van der Waals surface area contributed by atoms with E-state index in [9.17, 15) is 0 Å². The molecule has 0 aliphatic rings. The number of hydrogen-bond acceptors (Lipinski definition) is 1. The minimum atomic E-state index is 1.10. The largest absolute Gasteiger partial charge is 0.310 e. The highest BCUT2D eigenvalue weighted by molar-refractivity contribution is 6.09. The molecule has 0 atom stereocenters. The van der Waals surface area contributed by atoms with E-state index in [4.69, 9.17) is 0 Å². The Morgan fingerprint density at radius 3 is 1.24 bits per heavy atom. The average Bonchev–Trinajstić information content (AvgIpc) is 3.27. The molecular formula is C54H37N. The quantitative estimate of drug-likeness (QED) is 0.150. The fraction of sp³-hybridized carbons (Fsp3) is 0. The van der Waals surface area contributed by atoms with Gasteiger partial charge in [-0.25, -0.2) is 0 Å². The molecule has 10 aromatic carbocycles. The van der Waals surface area contributed by atoms with Gasteiger partial charge in [-0.2, -0.15) is 0 Å². The van der Waals surface area contributed by atoms with Crippen molar-refractivity contribution in [1.29, 1.82) is 0 Å². The Balaban J connectivity index is 1.14. The average molecular weight is 700 g/mol. The van der Waals surface area contributed by atoms with Crippen molar-refractivity contribution >= 4 is 49.4 Å². The number of benzene rings is 10. The van der Waals surface area contributed by atoms with Gasteiger partial charge in [-0.1, -0.05) is 188 Å². The van der Waals surface area contributed by atoms with Crippen molar-refractivity contribution in [2.75, 3.05) is 4.90 Å². The molecule has 0 radical (unpaired) electrons. The van der Waals surface area contributed by atoms with E-state index >= 15 is 0 Å². The van der Waals surface area contributed by atoms with E-state index in [0.29, 0.717) is 0 Å². The molecule has 0 amide bonds. The lowest BCUT2D eigenvalue weighted by Crippen LogP contribution is -2.10. The number of nitrogens with zero attached hydrogens (tertiary/aromatic N) is 1. The summed E-state index contributed by atoms with van der Waals surface area (Å²) in [6, 6.07) is 81.5. The maximum atomic E-state index is 2.41. The van der Waals surface area contributed by atoms with Gasteiger partial charge in [-0.3, -0.25) is 0 Å². The monoisotopic (exact) mass is 699 g/mol. The zero-order chi connectivity index (χ0) is 36.6. The van der Waals surface area contributed by atoms with Crippen molar-refractivity contribution in [3.8, 4) is 44.5 Å². The SMILES string of the molecule is c1ccc(-c2ccc(N(c3ccc(-c4ccc(-c5ccccc5)c5ccccc45)cc3)c3ccc4ccc5ccccc5c4c3)cc2-c2ccccc2)cc1. The zero-order valence-corrected chi connectivity index (χ0v) is 30.3. The van der Waals surface area contributed by atoms with Crippen LogP contribution in [0.25, 0.3) is 76.8 Å². The molecule has 0 fully saturated rings. The zero-order valence-electron chi connectivity index (χ0n) is 30.3. The van der Waals surface area contributed by atoms with Crippen LogP contribution >= 0.6 is 0 Å². The van der Waals surface area contributed by atoms with Crippen LogP contribution in [-0.4, -0.2) is 0 Å². The van der Waals surface area contributed by atoms with Crippen molar-refractivity contribution in [1.82, 2.24) is 0 Å². The maximum absolute atomic E-state index is 2.41. The van der Waals surface area contributed by atoms with Gasteiger partial charge in [-0.15, -0.1) is 0 Å². The third-order valence-corrected chi connectivity index (χ3v) is 10.9. The van der Waals surface area contributed by atoms with Crippen LogP contribution in [0.15, 0.2) is 224 Å². The van der Waals surface area contributed by atoms with Crippen LogP contribution < -0.4 is 4.90 Å². The molecule has 0 spiro atoms. The number of rotatable bonds is 7. The van der Waals surface area contributed by atoms with Crippen molar-refractivity contribution < 1.29 is 0 Å². The number of anilines is 3. The molecule has 0 bridgehead atoms. The third kappa shape index (κ3) is 6.02. The summed E-state index contributed by atoms with van der Waals surface area (Å²) in [7, 11) is 0. The molecule has 55 heavy (non-hydrogen) atoms. The van der Waals surface area contributed by atoms with E-state index < -0.39 is 0 Å². The standard InChI is InChI=1S/C54H37N/c1-4-14-38(15-5-1)48-34-35-49(52-23-13-12-22-51(48)52)42-26-29-44(30-27-42)55(45-31-28-43-25-24-41-20-10-11-21-47(41)54(43)36-45)46-32-33-50(39-16-6-2-7-17-39)53(37-46)40-18-8-3-9-19-40/h1-37H. The van der Waals surface area contributed by atoms with E-state index in [1.54, 1.807) is 0 Å². The molecule has 0 aliphatic carbocycles. The van der Waals surface area contributed by atoms with Crippen LogP contribution in [0.2, 0.25) is 0 Å². The van der Waals surface area contributed by atoms with Gasteiger partial charge in [-0.05, 0) is 113 Å². The molecule has 0 aromatic heterocycles. The molecule has 0 aliphatic heterocycles. The van der Waals surface area contributed by atoms with Gasteiger partial charge < -0.3 is 4.90 Å². The summed E-state index contributed by atoms with van der Waals surface area (Å²) in [5.41, 5.74) is 13.0. The Labute approximate surface area is 322 Å². The first-order chi connectivity index (χ1) is 27.3. The Hall–Kier alpha value is -7.22. The summed E-state index contributed by atoms with van der Waals surface area (Å²) >= 11 is 0. The molecule has 0 N–H and O–H groups in total. The Kier molecular flexibility index (Phi) is 8.24. The summed E-state index contributed by atoms with van der Waals surface area (Å²) in [6.45, 7) is 0. The third-order valence-electron chi connectivity index (χ3n) is 10.9. The lowest BCUT2D eigenvalue weighted by Gasteiger charge is -2.27. The fourth-order valence-corrected chi connectivity index (χ4v) is 8.18. The van der Waals surface area contributed by atoms with Crippen molar-refractivity contribution in [2.45, 2.75) is 0 Å². The summed E-state index contributed by atoms with van der Waals surface area (Å²) in [5.74, 6) is 0. The molecule has 0 unspecified atom stereocenters. The Morgan fingerprint density at radius 1 is 0.218 bits per heavy atom. The van der Waals surface area contributed by atoms with E-state index in [1.807, 2.05) is 0 Å². The van der Waals surface area contributed by atoms with Crippen LogP contribution in [0.3, 0.4) is 0 Å². The van der Waals surface area contributed by atoms with Crippen LogP contribution in [0.1, 0.15) is 0 Å². The first kappa shape index (κ1) is 32.4. The Morgan fingerprint density at radius 2 is 0.618 bits per heavy atom. The van der Waals surface area contributed by atoms with E-state index in [0.717, 1.165) is 17.1 Å². The van der Waals surface area contributed by atoms with Crippen LogP contribution in [0, 0.1) is 0 Å². The van der Waals surface area contributed by atoms with Gasteiger partial charge in [0.1, 0.15) is 0 Å². The van der Waals surface area contributed by atoms with Gasteiger partial charge in [0.2, 0.25) is 0 Å². The molecule has 1 heteroatoms. The summed E-state index contributed by atoms with van der Waals surface area (Å²) < 4.78 is 0. The first-order valence-corrected chi connectivity index (χ1v) is 18.9. The van der Waals surface area contributed by atoms with Crippen molar-refractivity contribution in [3.63, 3.8) is 0 Å². The van der Waals surface area contributed by atoms with Gasteiger partial charge >= 0.3 is 0 Å². The molecular weight excluding hydrogens is 663 g/mol. The minimum Gasteiger partial charge on any atom is -0.310 e. The van der Waals surface area contributed by atoms with Crippen molar-refractivity contribution in [2.24, 2.45) is 0 Å². The van der Waals surface area contributed by atoms with Crippen molar-refractivity contribution in [3.05, 3.63) is 224 Å². The molecule has 10 rings (SSSR count). The lowest BCUT2D eigenvalue weighted by molar-refractivity contribution is 1.29. The van der Waals surface area contributed by atoms with Gasteiger partial charge in [0.15, 0.2) is 0 Å². The predicted octanol–water partition coefficient (Wildman–Crippen LogP) is 15.3. The predicted molar refractivity (Wildman–Crippen MR) is 235 cm³/mol.